The standard InChI is InChI=1S/C36H33F2N5O4S/c1-5-43-18-26(20(2)42-43)25-17-27(32(37)38)40-35-29(25)30(31(48-35)33(39)44)41-34(45)28-16-15-24(47-28)19-46-23-13-11-22(12-14-23)36(3,4)21-9-7-6-8-10-21/h6-18,32H,5,19H2,1-4H3,(H2,39,44)(H,41,45). The molecule has 0 bridgehead atoms. The van der Waals surface area contributed by atoms with Crippen LogP contribution in [-0.2, 0) is 18.6 Å². The van der Waals surface area contributed by atoms with E-state index < -0.39 is 23.9 Å². The minimum Gasteiger partial charge on any atom is -0.486 e. The number of alkyl halides is 2. The van der Waals surface area contributed by atoms with Crippen LogP contribution in [0.15, 0.2) is 83.4 Å². The van der Waals surface area contributed by atoms with Crippen molar-refractivity contribution in [2.75, 3.05) is 5.32 Å². The van der Waals surface area contributed by atoms with E-state index in [-0.39, 0.29) is 33.2 Å². The van der Waals surface area contributed by atoms with E-state index in [9.17, 15) is 18.4 Å². The summed E-state index contributed by atoms with van der Waals surface area (Å²) in [5.74, 6) is -0.528. The second-order valence-electron chi connectivity index (χ2n) is 11.8. The number of hydrogen-bond donors (Lipinski definition) is 2. The first-order chi connectivity index (χ1) is 23.0. The molecule has 2 amide bonds. The second kappa shape index (κ2) is 13.0. The number of nitrogens with zero attached hydrogens (tertiary/aromatic N) is 3. The number of ether oxygens (including phenoxy) is 1. The summed E-state index contributed by atoms with van der Waals surface area (Å²) in [5, 5.41) is 7.48. The average molecular weight is 670 g/mol. The van der Waals surface area contributed by atoms with Crippen LogP contribution in [-0.4, -0.2) is 26.6 Å². The van der Waals surface area contributed by atoms with Crippen molar-refractivity contribution in [1.29, 1.82) is 0 Å². The quantitative estimate of drug-likeness (QED) is 0.143. The number of amides is 2. The number of aromatic nitrogens is 3. The highest BCUT2D eigenvalue weighted by Gasteiger charge is 2.27. The van der Waals surface area contributed by atoms with E-state index in [1.165, 1.54) is 17.7 Å². The van der Waals surface area contributed by atoms with Crippen molar-refractivity contribution in [1.82, 2.24) is 14.8 Å². The van der Waals surface area contributed by atoms with Crippen LogP contribution in [0.5, 0.6) is 5.75 Å². The predicted octanol–water partition coefficient (Wildman–Crippen LogP) is 8.27. The number of carbonyl (C=O) groups is 2. The van der Waals surface area contributed by atoms with E-state index in [2.05, 4.69) is 41.4 Å². The molecule has 0 unspecified atom stereocenters. The number of carbonyl (C=O) groups excluding carboxylic acids is 2. The number of benzene rings is 2. The van der Waals surface area contributed by atoms with Gasteiger partial charge in [-0.2, -0.15) is 5.10 Å². The summed E-state index contributed by atoms with van der Waals surface area (Å²) in [6.07, 6.45) is -1.14. The zero-order valence-electron chi connectivity index (χ0n) is 26.7. The Morgan fingerprint density at radius 1 is 1.04 bits per heavy atom. The molecule has 48 heavy (non-hydrogen) atoms. The highest BCUT2D eigenvalue weighted by molar-refractivity contribution is 7.21. The number of halogens is 2. The molecular weight excluding hydrogens is 636 g/mol. The van der Waals surface area contributed by atoms with Gasteiger partial charge in [0.2, 0.25) is 0 Å². The first kappa shape index (κ1) is 32.6. The summed E-state index contributed by atoms with van der Waals surface area (Å²) < 4.78 is 41.2. The maximum atomic E-state index is 13.9. The topological polar surface area (TPSA) is 125 Å². The van der Waals surface area contributed by atoms with Gasteiger partial charge >= 0.3 is 0 Å². The SMILES string of the molecule is CCn1cc(-c2cc(C(F)F)nc3sc(C(N)=O)c(NC(=O)c4ccc(COc5ccc(C(C)(C)c6ccccc6)cc5)o4)c23)c(C)n1. The van der Waals surface area contributed by atoms with Gasteiger partial charge < -0.3 is 20.2 Å². The molecular formula is C36H33F2N5O4S. The summed E-state index contributed by atoms with van der Waals surface area (Å²) in [6.45, 7) is 8.60. The lowest BCUT2D eigenvalue weighted by atomic mass is 9.78. The third kappa shape index (κ3) is 6.30. The normalized spacial score (nSPS) is 11.7. The fourth-order valence-corrected chi connectivity index (χ4v) is 6.59. The average Bonchev–Trinajstić information content (AvgIpc) is 3.81. The third-order valence-corrected chi connectivity index (χ3v) is 9.36. The first-order valence-electron chi connectivity index (χ1n) is 15.2. The Morgan fingerprint density at radius 3 is 2.40 bits per heavy atom. The number of primary amides is 1. The molecule has 0 aliphatic carbocycles. The Kier molecular flexibility index (Phi) is 8.85. The summed E-state index contributed by atoms with van der Waals surface area (Å²) in [7, 11) is 0. The number of anilines is 1. The molecule has 12 heteroatoms. The monoisotopic (exact) mass is 669 g/mol. The number of nitrogens with two attached hydrogens (primary N) is 1. The molecule has 6 rings (SSSR count). The Hall–Kier alpha value is -5.36. The van der Waals surface area contributed by atoms with Crippen LogP contribution in [0.2, 0.25) is 0 Å². The van der Waals surface area contributed by atoms with Crippen molar-refractivity contribution < 1.29 is 27.5 Å². The van der Waals surface area contributed by atoms with Gasteiger partial charge in [-0.05, 0) is 60.9 Å². The van der Waals surface area contributed by atoms with Crippen LogP contribution in [0.1, 0.15) is 75.7 Å². The van der Waals surface area contributed by atoms with Gasteiger partial charge in [-0.25, -0.2) is 13.8 Å². The summed E-state index contributed by atoms with van der Waals surface area (Å²) >= 11 is 0.828. The van der Waals surface area contributed by atoms with Gasteiger partial charge in [-0.3, -0.25) is 14.3 Å². The third-order valence-electron chi connectivity index (χ3n) is 8.27. The molecule has 2 aromatic carbocycles. The molecule has 4 heterocycles. The van der Waals surface area contributed by atoms with Crippen LogP contribution in [0, 0.1) is 6.92 Å². The number of hydrogen-bond acceptors (Lipinski definition) is 7. The van der Waals surface area contributed by atoms with Crippen molar-refractivity contribution in [3.8, 4) is 16.9 Å². The molecule has 4 aromatic heterocycles. The van der Waals surface area contributed by atoms with Crippen LogP contribution >= 0.6 is 11.3 Å². The predicted molar refractivity (Wildman–Crippen MR) is 181 cm³/mol. The number of furan rings is 1. The van der Waals surface area contributed by atoms with Crippen LogP contribution in [0.3, 0.4) is 0 Å². The van der Waals surface area contributed by atoms with Gasteiger partial charge in [-0.1, -0.05) is 56.3 Å². The zero-order valence-corrected chi connectivity index (χ0v) is 27.5. The molecule has 0 radical (unpaired) electrons. The van der Waals surface area contributed by atoms with Crippen molar-refractivity contribution in [3.63, 3.8) is 0 Å². The Morgan fingerprint density at radius 2 is 1.75 bits per heavy atom. The largest absolute Gasteiger partial charge is 0.486 e. The number of aryl methyl sites for hydroxylation is 2. The van der Waals surface area contributed by atoms with Crippen molar-refractivity contribution in [2.45, 2.75) is 52.7 Å². The minimum atomic E-state index is -2.87. The lowest BCUT2D eigenvalue weighted by Crippen LogP contribution is -2.18. The molecule has 0 saturated carbocycles. The lowest BCUT2D eigenvalue weighted by molar-refractivity contribution is 0.0992. The van der Waals surface area contributed by atoms with E-state index in [1.54, 1.807) is 23.9 Å². The number of pyridine rings is 1. The molecule has 0 aliphatic rings. The number of nitrogens with one attached hydrogen (secondary N) is 1. The maximum absolute atomic E-state index is 13.9. The number of rotatable bonds is 11. The Labute approximate surface area is 279 Å². The van der Waals surface area contributed by atoms with E-state index in [0.29, 0.717) is 40.3 Å². The molecule has 6 aromatic rings. The smallest absolute Gasteiger partial charge is 0.291 e. The highest BCUT2D eigenvalue weighted by Crippen LogP contribution is 2.43. The number of fused-ring (bicyclic) bond motifs is 1. The Bertz CT molecular complexity index is 2120. The summed E-state index contributed by atoms with van der Waals surface area (Å²) in [4.78, 5) is 30.2. The molecule has 0 spiro atoms. The van der Waals surface area contributed by atoms with Crippen LogP contribution < -0.4 is 15.8 Å². The van der Waals surface area contributed by atoms with Gasteiger partial charge in [0, 0.05) is 29.1 Å². The highest BCUT2D eigenvalue weighted by atomic mass is 32.1. The van der Waals surface area contributed by atoms with Gasteiger partial charge in [0.25, 0.3) is 18.2 Å². The van der Waals surface area contributed by atoms with Crippen molar-refractivity contribution in [2.24, 2.45) is 5.73 Å². The molecule has 0 atom stereocenters. The van der Waals surface area contributed by atoms with E-state index in [1.807, 2.05) is 49.4 Å². The second-order valence-corrected chi connectivity index (χ2v) is 12.8. The van der Waals surface area contributed by atoms with Gasteiger partial charge in [0.15, 0.2) is 5.76 Å². The van der Waals surface area contributed by atoms with Crippen molar-refractivity contribution >= 4 is 39.1 Å². The van der Waals surface area contributed by atoms with Gasteiger partial charge in [0.1, 0.15) is 33.5 Å². The Balaban J connectivity index is 1.24. The summed E-state index contributed by atoms with van der Waals surface area (Å²) in [6, 6.07) is 22.4. The lowest BCUT2D eigenvalue weighted by Gasteiger charge is -2.26. The van der Waals surface area contributed by atoms with Crippen LogP contribution in [0.25, 0.3) is 21.3 Å². The molecule has 0 aliphatic heterocycles. The molecule has 3 N–H and O–H groups in total. The minimum absolute atomic E-state index is 0.0342. The van der Waals surface area contributed by atoms with Gasteiger partial charge in [0.05, 0.1) is 11.4 Å². The van der Waals surface area contributed by atoms with Crippen molar-refractivity contribution in [3.05, 3.63) is 118 Å². The molecule has 0 saturated heterocycles. The molecule has 246 valence electrons. The summed E-state index contributed by atoms with van der Waals surface area (Å²) in [5.41, 5.74) is 8.90. The first-order valence-corrected chi connectivity index (χ1v) is 16.1. The zero-order chi connectivity index (χ0) is 34.2. The fourth-order valence-electron chi connectivity index (χ4n) is 5.58. The fraction of sp³-hybridized carbons (Fsp3) is 0.222. The molecule has 9 nitrogen and oxygen atoms in total. The maximum Gasteiger partial charge on any atom is 0.291 e. The van der Waals surface area contributed by atoms with Gasteiger partial charge in [-0.15, -0.1) is 11.3 Å². The van der Waals surface area contributed by atoms with E-state index in [4.69, 9.17) is 14.9 Å². The van der Waals surface area contributed by atoms with E-state index in [0.717, 1.165) is 16.9 Å². The number of thiophene rings is 1. The molecule has 0 fully saturated rings. The van der Waals surface area contributed by atoms with E-state index >= 15 is 0 Å². The van der Waals surface area contributed by atoms with Crippen LogP contribution in [0.4, 0.5) is 14.5 Å².